The number of carboxylic acids is 1. The minimum atomic E-state index is -1.67. The van der Waals surface area contributed by atoms with Gasteiger partial charge in [-0.1, -0.05) is 113 Å². The van der Waals surface area contributed by atoms with Gasteiger partial charge in [0.25, 0.3) is 0 Å². The second-order valence-corrected chi connectivity index (χ2v) is 32.2. The summed E-state index contributed by atoms with van der Waals surface area (Å²) in [4.78, 5) is 215. The fourth-order valence-electron chi connectivity index (χ4n) is 14.6. The molecule has 0 aliphatic carbocycles. The predicted octanol–water partition coefficient (Wildman–Crippen LogP) is 2.46. The Morgan fingerprint density at radius 2 is 1.17 bits per heavy atom. The Balaban J connectivity index is 1.37. The predicted molar refractivity (Wildman–Crippen MR) is 439 cm³/mol. The van der Waals surface area contributed by atoms with Gasteiger partial charge in [0.1, 0.15) is 23.3 Å². The highest BCUT2D eigenvalue weighted by Crippen LogP contribution is 2.31. The van der Waals surface area contributed by atoms with Crippen molar-refractivity contribution in [2.75, 3.05) is 26.2 Å². The number of nitrogens with two attached hydrogens (primary N) is 5. The Morgan fingerprint density at radius 3 is 1.75 bits per heavy atom. The number of Topliss-reactive ketones (excluding diaryl/α,β-unsaturated/α-hetero) is 5. The molecule has 0 unspecified atom stereocenters. The van der Waals surface area contributed by atoms with E-state index in [-0.39, 0.29) is 137 Å². The highest BCUT2D eigenvalue weighted by atomic mass is 35.5. The lowest BCUT2D eigenvalue weighted by atomic mass is 9.86. The number of carbonyl (C=O) groups is 15. The Hall–Kier alpha value is -10.6. The van der Waals surface area contributed by atoms with E-state index in [0.29, 0.717) is 35.1 Å². The molecule has 2 heterocycles. The smallest absolute Gasteiger partial charge is 0.303 e. The molecule has 0 aromatic heterocycles. The quantitative estimate of drug-likeness (QED) is 0.0303. The Bertz CT molecular complexity index is 4170. The zero-order valence-corrected chi connectivity index (χ0v) is 68.7. The van der Waals surface area contributed by atoms with E-state index in [2.05, 4.69) is 37.2 Å². The maximum Gasteiger partial charge on any atom is 0.303 e. The average Bonchev–Trinajstić information content (AvgIpc) is 1.71. The molecule has 2 aliphatic rings. The molecule has 0 spiro atoms. The van der Waals surface area contributed by atoms with Crippen LogP contribution in [0, 0.1) is 41.4 Å². The topological polar surface area (TPSA) is 575 Å². The zero-order valence-electron chi connectivity index (χ0n) is 68.0. The van der Waals surface area contributed by atoms with Crippen molar-refractivity contribution in [1.82, 2.24) is 42.1 Å². The number of ketones is 5. The van der Waals surface area contributed by atoms with Crippen LogP contribution in [0.3, 0.4) is 0 Å². The lowest BCUT2D eigenvalue weighted by Gasteiger charge is -2.30. The van der Waals surface area contributed by atoms with Crippen molar-refractivity contribution >= 4 is 99.7 Å². The molecule has 9 amide bonds. The molecule has 0 radical (unpaired) electrons. The molecule has 22 N–H and O–H groups in total. The van der Waals surface area contributed by atoms with Crippen LogP contribution in [0.1, 0.15) is 171 Å². The summed E-state index contributed by atoms with van der Waals surface area (Å²) in [7, 11) is 0. The third-order valence-electron chi connectivity index (χ3n) is 21.7. The van der Waals surface area contributed by atoms with Crippen LogP contribution >= 0.6 is 11.6 Å². The van der Waals surface area contributed by atoms with Crippen molar-refractivity contribution in [3.05, 3.63) is 124 Å². The van der Waals surface area contributed by atoms with E-state index < -0.39 is 224 Å². The number of aliphatic hydroxyl groups excluding tert-OH is 1. The van der Waals surface area contributed by atoms with Crippen LogP contribution in [0.2, 0.25) is 5.02 Å². The van der Waals surface area contributed by atoms with Crippen LogP contribution in [0.5, 0.6) is 17.2 Å². The molecular weight excluding hydrogens is 1560 g/mol. The van der Waals surface area contributed by atoms with Crippen LogP contribution in [0.15, 0.2) is 91.0 Å². The number of hydrogen-bond acceptors (Lipinski definition) is 23. The Kier molecular flexibility index (Phi) is 39.6. The SMILES string of the molecule is CC[C@H](C)[C@H](NC(=O)[C@@H](CC(=O)[C@@H]1CCCC[C@H](NC(=O)[C@@H](CCC(=O)O)CC(=O)[C@H](Cc2ccc(O)cc2)NC(=O)[C@@H](N)CCN)C(=O)N2C[C@H](O)C[C@H]2C(=O)C[C@@H](Cc2ccc(O)c(Cl)c2)C(=O)NCC(=O)C[C@@H](CC(C)C)C(=O)N1)Cc1ccc(O)cc1)C(=O)C[C@@H](CCC(N)=O)C(=O)NCc1ccc(CNC(=O)[C@@H](N)CCN)cc1. The van der Waals surface area contributed by atoms with Crippen LogP contribution in [-0.2, 0) is 104 Å². The van der Waals surface area contributed by atoms with Gasteiger partial charge >= 0.3 is 5.97 Å². The number of aliphatic carboxylic acids is 1. The van der Waals surface area contributed by atoms with E-state index >= 15 is 24.0 Å². The van der Waals surface area contributed by atoms with Gasteiger partial charge in [-0.3, -0.25) is 71.9 Å². The number of halogens is 1. The van der Waals surface area contributed by atoms with Crippen LogP contribution in [0.4, 0.5) is 0 Å². The largest absolute Gasteiger partial charge is 0.508 e. The average molecular weight is 1680 g/mol. The highest BCUT2D eigenvalue weighted by Gasteiger charge is 2.44. The normalized spacial score (nSPS) is 19.8. The van der Waals surface area contributed by atoms with Crippen molar-refractivity contribution in [2.24, 2.45) is 70.1 Å². The maximum absolute atomic E-state index is 15.5. The van der Waals surface area contributed by atoms with Crippen LogP contribution in [-0.4, -0.2) is 193 Å². The van der Waals surface area contributed by atoms with Gasteiger partial charge in [-0.25, -0.2) is 0 Å². The van der Waals surface area contributed by atoms with Crippen molar-refractivity contribution in [1.29, 1.82) is 0 Å². The maximum atomic E-state index is 15.5. The molecule has 4 aromatic carbocycles. The number of nitrogens with zero attached hydrogens (tertiary/aromatic N) is 1. The van der Waals surface area contributed by atoms with E-state index in [9.17, 15) is 73.5 Å². The summed E-state index contributed by atoms with van der Waals surface area (Å²) in [6.45, 7) is 6.31. The molecule has 4 aromatic rings. The minimum absolute atomic E-state index is 0.00678. The molecule has 6 rings (SSSR count). The second kappa shape index (κ2) is 48.5. The Morgan fingerprint density at radius 1 is 0.613 bits per heavy atom. The van der Waals surface area contributed by atoms with E-state index in [1.54, 1.807) is 52.0 Å². The fourth-order valence-corrected chi connectivity index (χ4v) is 14.8. The molecule has 33 nitrogen and oxygen atoms in total. The van der Waals surface area contributed by atoms with Gasteiger partial charge in [-0.15, -0.1) is 0 Å². The van der Waals surface area contributed by atoms with E-state index in [1.165, 1.54) is 66.7 Å². The second-order valence-electron chi connectivity index (χ2n) is 31.8. The lowest BCUT2D eigenvalue weighted by Crippen LogP contribution is -2.54. The summed E-state index contributed by atoms with van der Waals surface area (Å²) in [5.41, 5.74) is 31.4. The van der Waals surface area contributed by atoms with Crippen molar-refractivity contribution < 1.29 is 97.5 Å². The van der Waals surface area contributed by atoms with Crippen LogP contribution in [0.25, 0.3) is 0 Å². The molecule has 34 heteroatoms. The van der Waals surface area contributed by atoms with Crippen molar-refractivity contribution in [2.45, 2.75) is 224 Å². The third kappa shape index (κ3) is 32.2. The highest BCUT2D eigenvalue weighted by molar-refractivity contribution is 6.32. The first kappa shape index (κ1) is 97.3. The number of primary amides is 1. The van der Waals surface area contributed by atoms with Gasteiger partial charge < -0.3 is 96.3 Å². The molecule has 2 saturated heterocycles. The van der Waals surface area contributed by atoms with E-state index in [4.69, 9.17) is 40.3 Å². The number of nitrogens with one attached hydrogen (secondary N) is 7. The lowest BCUT2D eigenvalue weighted by molar-refractivity contribution is -0.143. The monoisotopic (exact) mass is 1680 g/mol. The van der Waals surface area contributed by atoms with Crippen molar-refractivity contribution in [3.8, 4) is 17.2 Å². The van der Waals surface area contributed by atoms with Gasteiger partial charge in [0.05, 0.1) is 53.9 Å². The first-order valence-electron chi connectivity index (χ1n) is 40.6. The molecule has 14 atom stereocenters. The number of carboxylic acid groups (broad SMARTS) is 1. The zero-order chi connectivity index (χ0) is 87.7. The number of carbonyl (C=O) groups excluding carboxylic acids is 14. The summed E-state index contributed by atoms with van der Waals surface area (Å²) in [6, 6.07) is 13.2. The standard InChI is InChI=1S/C85H118ClN13O20/c1-5-48(4)77(74(108)39-54(19-26-75(91)109)78(112)92-43-51-10-12-52(13-11-51)44-93-83(117)64(89)28-30-87)98-82(116)58(33-49-14-21-59(100)22-15-49)40-71(105)66-8-6-7-9-67(96-80(114)55(20-27-76(110)111)38-72(106)68(97-84(118)65(90)29-31-88)36-50-16-23-60(101)24-17-50)85(119)99-46-62(103)42-69(99)73(107)41-57(34-53-18-25-70(104)63(86)35-53)79(113)94-45-61(102)37-56(32-47(2)3)81(115)95-66/h10-18,21-25,35,47-48,54-58,62,64-69,77,100-101,103-104H,5-9,19-20,26-34,36-46,87-90H2,1-4H3,(H2,91,109)(H,92,112)(H,93,117)(H,94,113)(H,95,115)(H,96,114)(H,97,118)(H,98,116)(H,110,111)/t48-,54+,55-,56+,57+,58+,62+,64-,65-,66-,67-,68-,69-,77-/m0/s1. The molecule has 650 valence electrons. The first-order valence-corrected chi connectivity index (χ1v) is 41.0. The van der Waals surface area contributed by atoms with E-state index in [1.807, 2.05) is 0 Å². The molecule has 0 saturated carbocycles. The van der Waals surface area contributed by atoms with Gasteiger partial charge in [0.15, 0.2) is 28.9 Å². The van der Waals surface area contributed by atoms with E-state index in [0.717, 1.165) is 10.5 Å². The Labute approximate surface area is 697 Å². The molecule has 2 fully saturated rings. The number of phenolic OH excluding ortho intramolecular Hbond substituents is 3. The molecule has 119 heavy (non-hydrogen) atoms. The number of benzene rings is 4. The summed E-state index contributed by atoms with van der Waals surface area (Å²) in [5, 5.41) is 71.3. The number of rotatable bonds is 41. The number of aromatic hydroxyl groups is 3. The summed E-state index contributed by atoms with van der Waals surface area (Å²) in [6.07, 6.45) is -6.89. The summed E-state index contributed by atoms with van der Waals surface area (Å²) < 4.78 is 0. The summed E-state index contributed by atoms with van der Waals surface area (Å²) in [5.74, 6) is -19.6. The number of amides is 9. The van der Waals surface area contributed by atoms with Gasteiger partial charge in [-0.2, -0.15) is 0 Å². The third-order valence-corrected chi connectivity index (χ3v) is 22.0. The van der Waals surface area contributed by atoms with Gasteiger partial charge in [-0.05, 0) is 153 Å². The molecular formula is C85H118ClN13O20. The molecule has 2 aliphatic heterocycles. The summed E-state index contributed by atoms with van der Waals surface area (Å²) >= 11 is 6.31. The minimum Gasteiger partial charge on any atom is -0.508 e. The van der Waals surface area contributed by atoms with Crippen molar-refractivity contribution in [3.63, 3.8) is 0 Å². The molecule has 0 bridgehead atoms. The van der Waals surface area contributed by atoms with Gasteiger partial charge in [0, 0.05) is 101 Å². The van der Waals surface area contributed by atoms with Crippen LogP contribution < -0.4 is 65.9 Å². The number of aliphatic hydroxyl groups is 1. The fraction of sp³-hybridized carbons (Fsp3) is 0.541. The number of phenols is 3. The first-order chi connectivity index (χ1) is 56.4. The number of fused-ring (bicyclic) bond motifs is 1. The number of hydrogen-bond donors (Lipinski definition) is 17. The van der Waals surface area contributed by atoms with Gasteiger partial charge in [0.2, 0.25) is 53.2 Å².